The Kier molecular flexibility index (Phi) is 7.24. The van der Waals surface area contributed by atoms with E-state index in [4.69, 9.17) is 19.5 Å². The van der Waals surface area contributed by atoms with Crippen molar-refractivity contribution < 1.29 is 13.0 Å². The van der Waals surface area contributed by atoms with Gasteiger partial charge in [-0.05, 0) is 24.5 Å². The molecule has 0 spiro atoms. The van der Waals surface area contributed by atoms with E-state index in [1.54, 1.807) is 0 Å². The van der Waals surface area contributed by atoms with Crippen molar-refractivity contribution in [2.24, 2.45) is 5.41 Å². The lowest BCUT2D eigenvalue weighted by atomic mass is 9.96. The maximum Gasteiger partial charge on any atom is 0.261 e. The van der Waals surface area contributed by atoms with E-state index in [1.165, 1.54) is 0 Å². The van der Waals surface area contributed by atoms with Crippen LogP contribution in [0.5, 0.6) is 0 Å². The van der Waals surface area contributed by atoms with E-state index in [0.717, 1.165) is 52.0 Å². The van der Waals surface area contributed by atoms with Crippen molar-refractivity contribution in [2.45, 2.75) is 60.4 Å². The Bertz CT molecular complexity index is 1420. The maximum absolute atomic E-state index is 9.19. The zero-order valence-electron chi connectivity index (χ0n) is 21.7. The van der Waals surface area contributed by atoms with Crippen LogP contribution in [0.25, 0.3) is 33.8 Å². The first-order valence-corrected chi connectivity index (χ1v) is 13.3. The van der Waals surface area contributed by atoms with Gasteiger partial charge < -0.3 is 9.55 Å². The van der Waals surface area contributed by atoms with E-state index in [9.17, 15) is 8.42 Å². The second kappa shape index (κ2) is 9.54. The molecule has 1 aromatic carbocycles. The van der Waals surface area contributed by atoms with Crippen molar-refractivity contribution in [3.8, 4) is 22.6 Å². The number of imidazole rings is 2. The maximum atomic E-state index is 9.19. The van der Waals surface area contributed by atoms with Crippen LogP contribution in [0.3, 0.4) is 0 Å². The average molecular weight is 498 g/mol. The molecule has 3 heterocycles. The second-order valence-electron chi connectivity index (χ2n) is 11.0. The highest BCUT2D eigenvalue weighted by Crippen LogP contribution is 2.33. The zero-order valence-corrected chi connectivity index (χ0v) is 22.5. The van der Waals surface area contributed by atoms with Gasteiger partial charge in [0.15, 0.2) is 5.65 Å². The zero-order chi connectivity index (χ0) is 26.2. The van der Waals surface area contributed by atoms with E-state index in [2.05, 4.69) is 76.2 Å². The molecule has 4 rings (SSSR count). The lowest BCUT2D eigenvalue weighted by Crippen LogP contribution is -2.16. The number of nitrogens with one attached hydrogen (secondary N) is 1. The Morgan fingerprint density at radius 3 is 2.09 bits per heavy atom. The summed E-state index contributed by atoms with van der Waals surface area (Å²) in [7, 11) is -3.67. The third-order valence-corrected chi connectivity index (χ3v) is 5.13. The molecule has 3 aromatic heterocycles. The lowest BCUT2D eigenvalue weighted by Gasteiger charge is -2.20. The standard InChI is InChI=1S/C25H31N5.CH4O3S/c1-16-26-19-14-13-18(27-22(19)30(16)15-24(2,3)4)21-20(17-11-9-8-10-12-17)28-23(29-21)25(5,6)7;1-5(2,3)4/h8-14H,15H2,1-7H3,(H,28,29);1H3,(H,2,3,4). The molecule has 35 heavy (non-hydrogen) atoms. The van der Waals surface area contributed by atoms with Gasteiger partial charge in [-0.2, -0.15) is 8.42 Å². The van der Waals surface area contributed by atoms with Crippen molar-refractivity contribution in [3.05, 3.63) is 54.1 Å². The molecule has 4 aromatic rings. The number of H-pyrrole nitrogens is 1. The van der Waals surface area contributed by atoms with Crippen LogP contribution in [-0.2, 0) is 22.1 Å². The van der Waals surface area contributed by atoms with Gasteiger partial charge in [0.2, 0.25) is 0 Å². The number of hydrogen-bond acceptors (Lipinski definition) is 5. The molecule has 0 radical (unpaired) electrons. The molecule has 188 valence electrons. The Morgan fingerprint density at radius 2 is 1.54 bits per heavy atom. The highest BCUT2D eigenvalue weighted by Gasteiger charge is 2.24. The molecule has 0 fully saturated rings. The lowest BCUT2D eigenvalue weighted by molar-refractivity contribution is 0.344. The molecule has 0 saturated heterocycles. The van der Waals surface area contributed by atoms with E-state index in [-0.39, 0.29) is 10.8 Å². The number of benzene rings is 1. The highest BCUT2D eigenvalue weighted by molar-refractivity contribution is 7.85. The molecule has 0 aliphatic heterocycles. The van der Waals surface area contributed by atoms with Crippen molar-refractivity contribution in [1.29, 1.82) is 0 Å². The second-order valence-corrected chi connectivity index (χ2v) is 12.5. The van der Waals surface area contributed by atoms with Crippen LogP contribution in [0.2, 0.25) is 0 Å². The van der Waals surface area contributed by atoms with Crippen LogP contribution < -0.4 is 0 Å². The van der Waals surface area contributed by atoms with Crippen molar-refractivity contribution in [1.82, 2.24) is 24.5 Å². The number of hydrogen-bond donors (Lipinski definition) is 2. The van der Waals surface area contributed by atoms with Crippen LogP contribution >= 0.6 is 0 Å². The monoisotopic (exact) mass is 497 g/mol. The summed E-state index contributed by atoms with van der Waals surface area (Å²) in [5, 5.41) is 0. The normalized spacial score (nSPS) is 12.5. The molecular weight excluding hydrogens is 462 g/mol. The number of pyridine rings is 1. The predicted octanol–water partition coefficient (Wildman–Crippen LogP) is 5.64. The van der Waals surface area contributed by atoms with Gasteiger partial charge in [0.1, 0.15) is 17.2 Å². The SMILES string of the molecule is CS(=O)(=O)O.Cc1nc2ccc(-c3[nH]c(C(C)(C)C)nc3-c3ccccc3)nc2n1CC(C)(C)C. The molecule has 2 N–H and O–H groups in total. The molecule has 8 nitrogen and oxygen atoms in total. The largest absolute Gasteiger partial charge is 0.340 e. The summed E-state index contributed by atoms with van der Waals surface area (Å²) in [4.78, 5) is 18.3. The van der Waals surface area contributed by atoms with Gasteiger partial charge >= 0.3 is 0 Å². The van der Waals surface area contributed by atoms with Gasteiger partial charge in [-0.1, -0.05) is 71.9 Å². The summed E-state index contributed by atoms with van der Waals surface area (Å²) in [6.07, 6.45) is 0.715. The van der Waals surface area contributed by atoms with E-state index < -0.39 is 10.1 Å². The summed E-state index contributed by atoms with van der Waals surface area (Å²) >= 11 is 0. The number of aromatic amines is 1. The Labute approximate surface area is 207 Å². The predicted molar refractivity (Wildman–Crippen MR) is 141 cm³/mol. The summed E-state index contributed by atoms with van der Waals surface area (Å²) < 4.78 is 28.1. The van der Waals surface area contributed by atoms with Crippen LogP contribution in [-0.4, -0.2) is 43.7 Å². The molecule has 0 bridgehead atoms. The molecule has 0 saturated carbocycles. The first-order valence-electron chi connectivity index (χ1n) is 11.5. The Morgan fingerprint density at radius 1 is 0.943 bits per heavy atom. The van der Waals surface area contributed by atoms with E-state index in [1.807, 2.05) is 24.3 Å². The number of rotatable bonds is 3. The minimum absolute atomic E-state index is 0.0868. The number of nitrogens with zero attached hydrogens (tertiary/aromatic N) is 4. The topological polar surface area (TPSA) is 114 Å². The van der Waals surface area contributed by atoms with Gasteiger partial charge in [-0.3, -0.25) is 4.55 Å². The number of aryl methyl sites for hydroxylation is 1. The van der Waals surface area contributed by atoms with Gasteiger partial charge in [-0.15, -0.1) is 0 Å². The van der Waals surface area contributed by atoms with Crippen molar-refractivity contribution >= 4 is 21.3 Å². The molecule has 0 atom stereocenters. The summed E-state index contributed by atoms with van der Waals surface area (Å²) in [6.45, 7) is 16.1. The minimum atomic E-state index is -3.67. The fourth-order valence-electron chi connectivity index (χ4n) is 3.64. The fourth-order valence-corrected chi connectivity index (χ4v) is 3.64. The Hall–Kier alpha value is -3.04. The van der Waals surface area contributed by atoms with Gasteiger partial charge in [0, 0.05) is 17.5 Å². The van der Waals surface area contributed by atoms with Crippen molar-refractivity contribution in [2.75, 3.05) is 6.26 Å². The molecule has 9 heteroatoms. The Balaban J connectivity index is 0.000000623. The first-order chi connectivity index (χ1) is 16.0. The molecule has 0 unspecified atom stereocenters. The quantitative estimate of drug-likeness (QED) is 0.354. The third kappa shape index (κ3) is 6.99. The highest BCUT2D eigenvalue weighted by atomic mass is 32.2. The average Bonchev–Trinajstić information content (AvgIpc) is 3.28. The smallest absolute Gasteiger partial charge is 0.261 e. The van der Waals surface area contributed by atoms with Gasteiger partial charge in [0.05, 0.1) is 23.3 Å². The van der Waals surface area contributed by atoms with Crippen LogP contribution in [0, 0.1) is 12.3 Å². The molecular formula is C26H35N5O3S. The van der Waals surface area contributed by atoms with Crippen molar-refractivity contribution in [3.63, 3.8) is 0 Å². The first kappa shape index (κ1) is 26.6. The summed E-state index contributed by atoms with van der Waals surface area (Å²) in [6, 6.07) is 14.4. The fraction of sp³-hybridized carbons (Fsp3) is 0.423. The minimum Gasteiger partial charge on any atom is -0.340 e. The van der Waals surface area contributed by atoms with Crippen LogP contribution in [0.15, 0.2) is 42.5 Å². The third-order valence-electron chi connectivity index (χ3n) is 5.13. The van der Waals surface area contributed by atoms with Crippen LogP contribution in [0.4, 0.5) is 0 Å². The molecule has 0 amide bonds. The summed E-state index contributed by atoms with van der Waals surface area (Å²) in [5.74, 6) is 1.95. The van der Waals surface area contributed by atoms with Gasteiger partial charge in [-0.25, -0.2) is 15.0 Å². The summed E-state index contributed by atoms with van der Waals surface area (Å²) in [5.41, 5.74) is 5.76. The number of fused-ring (bicyclic) bond motifs is 1. The molecule has 0 aliphatic carbocycles. The van der Waals surface area contributed by atoms with Crippen LogP contribution in [0.1, 0.15) is 53.2 Å². The van der Waals surface area contributed by atoms with Gasteiger partial charge in [0.25, 0.3) is 10.1 Å². The van der Waals surface area contributed by atoms with E-state index >= 15 is 0 Å². The molecule has 0 aliphatic rings. The number of aromatic nitrogens is 5. The van der Waals surface area contributed by atoms with E-state index in [0.29, 0.717) is 6.26 Å².